The molecule has 0 spiro atoms. The van der Waals surface area contributed by atoms with Crippen LogP contribution in [0.2, 0.25) is 0 Å². The van der Waals surface area contributed by atoms with E-state index in [0.29, 0.717) is 12.8 Å². The van der Waals surface area contributed by atoms with Crippen LogP contribution in [0.5, 0.6) is 0 Å². The number of hydrogen-bond acceptors (Lipinski definition) is 4. The number of aryl methyl sites for hydroxylation is 2. The lowest BCUT2D eigenvalue weighted by Gasteiger charge is -2.11. The number of aromatic nitrogens is 2. The van der Waals surface area contributed by atoms with Crippen LogP contribution in [0.3, 0.4) is 0 Å². The minimum Gasteiger partial charge on any atom is -0.328 e. The number of hydrogen-bond donors (Lipinski definition) is 3. The van der Waals surface area contributed by atoms with Crippen LogP contribution in [0.4, 0.5) is 0 Å². The summed E-state index contributed by atoms with van der Waals surface area (Å²) in [6.07, 6.45) is 3.24. The number of benzene rings is 1. The molecule has 1 heterocycles. The van der Waals surface area contributed by atoms with Crippen LogP contribution >= 0.6 is 0 Å². The maximum Gasteiger partial charge on any atom is 0.260 e. The molecule has 2 aromatic rings. The monoisotopic (exact) mass is 290 g/mol. The van der Waals surface area contributed by atoms with Gasteiger partial charge in [-0.1, -0.05) is 25.5 Å². The Morgan fingerprint density at radius 3 is 2.95 bits per heavy atom. The number of carbonyl (C=O) groups excluding carboxylic acids is 1. The lowest BCUT2D eigenvalue weighted by Crippen LogP contribution is -2.39. The molecule has 6 heteroatoms. The highest BCUT2D eigenvalue weighted by molar-refractivity contribution is 5.80. The second-order valence-corrected chi connectivity index (χ2v) is 5.14. The van der Waals surface area contributed by atoms with Crippen molar-refractivity contribution >= 4 is 16.9 Å². The van der Waals surface area contributed by atoms with Crippen LogP contribution in [-0.2, 0) is 17.8 Å². The molecule has 1 amide bonds. The van der Waals surface area contributed by atoms with Crippen LogP contribution < -0.4 is 11.2 Å². The first-order valence-corrected chi connectivity index (χ1v) is 7.31. The van der Waals surface area contributed by atoms with Crippen molar-refractivity contribution in [1.29, 1.82) is 0 Å². The van der Waals surface area contributed by atoms with Gasteiger partial charge in [0.15, 0.2) is 0 Å². The summed E-state index contributed by atoms with van der Waals surface area (Å²) < 4.78 is 2.20. The van der Waals surface area contributed by atoms with Crippen molar-refractivity contribution in [2.45, 2.75) is 45.2 Å². The number of fused-ring (bicyclic) bond motifs is 1. The van der Waals surface area contributed by atoms with E-state index in [4.69, 9.17) is 10.9 Å². The number of carbonyl (C=O) groups is 1. The molecular weight excluding hydrogens is 268 g/mol. The van der Waals surface area contributed by atoms with Gasteiger partial charge in [0.05, 0.1) is 17.1 Å². The third-order valence-corrected chi connectivity index (χ3v) is 3.59. The summed E-state index contributed by atoms with van der Waals surface area (Å²) in [6.45, 7) is 3.06. The van der Waals surface area contributed by atoms with Gasteiger partial charge in [-0.05, 0) is 25.0 Å². The Kier molecular flexibility index (Phi) is 5.30. The molecule has 114 valence electrons. The minimum absolute atomic E-state index is 0.446. The molecule has 0 aliphatic carbocycles. The first kappa shape index (κ1) is 15.5. The number of nitrogens with zero attached hydrogens (tertiary/aromatic N) is 2. The van der Waals surface area contributed by atoms with Gasteiger partial charge in [-0.25, -0.2) is 10.5 Å². The average Bonchev–Trinajstić information content (AvgIpc) is 2.87. The standard InChI is InChI=1S/C15H22N4O2/c1-2-3-10-19-13-7-5-4-6-12(13)17-14(19)9-8-11(16)15(20)18-21/h4-7,11,21H,2-3,8-10,16H2,1H3,(H,18,20)/t11-/m0/s1. The van der Waals surface area contributed by atoms with Gasteiger partial charge in [0, 0.05) is 13.0 Å². The van der Waals surface area contributed by atoms with Gasteiger partial charge < -0.3 is 10.3 Å². The number of amides is 1. The van der Waals surface area contributed by atoms with Crippen molar-refractivity contribution in [3.8, 4) is 0 Å². The van der Waals surface area contributed by atoms with E-state index in [1.54, 1.807) is 5.48 Å². The summed E-state index contributed by atoms with van der Waals surface area (Å²) in [5.41, 5.74) is 9.37. The molecule has 4 N–H and O–H groups in total. The maximum absolute atomic E-state index is 11.2. The Bertz CT molecular complexity index is 609. The highest BCUT2D eigenvalue weighted by atomic mass is 16.5. The van der Waals surface area contributed by atoms with Gasteiger partial charge in [-0.2, -0.15) is 0 Å². The zero-order valence-electron chi connectivity index (χ0n) is 12.2. The first-order valence-electron chi connectivity index (χ1n) is 7.31. The Morgan fingerprint density at radius 1 is 1.48 bits per heavy atom. The lowest BCUT2D eigenvalue weighted by molar-refractivity contribution is -0.130. The van der Waals surface area contributed by atoms with E-state index < -0.39 is 11.9 Å². The van der Waals surface area contributed by atoms with Crippen molar-refractivity contribution in [1.82, 2.24) is 15.0 Å². The molecule has 1 aromatic carbocycles. The van der Waals surface area contributed by atoms with Crippen molar-refractivity contribution in [2.75, 3.05) is 0 Å². The van der Waals surface area contributed by atoms with Gasteiger partial charge in [0.25, 0.3) is 5.91 Å². The van der Waals surface area contributed by atoms with Crippen LogP contribution in [0.25, 0.3) is 11.0 Å². The molecule has 6 nitrogen and oxygen atoms in total. The largest absolute Gasteiger partial charge is 0.328 e. The van der Waals surface area contributed by atoms with E-state index in [9.17, 15) is 4.79 Å². The fraction of sp³-hybridized carbons (Fsp3) is 0.467. The van der Waals surface area contributed by atoms with Gasteiger partial charge in [0.1, 0.15) is 5.82 Å². The molecule has 1 aromatic heterocycles. The minimum atomic E-state index is -0.727. The zero-order valence-corrected chi connectivity index (χ0v) is 12.2. The summed E-state index contributed by atoms with van der Waals surface area (Å²) in [7, 11) is 0. The third kappa shape index (κ3) is 3.59. The topological polar surface area (TPSA) is 93.2 Å². The van der Waals surface area contributed by atoms with E-state index in [0.717, 1.165) is 36.2 Å². The second-order valence-electron chi connectivity index (χ2n) is 5.14. The molecule has 21 heavy (non-hydrogen) atoms. The third-order valence-electron chi connectivity index (χ3n) is 3.59. The number of rotatable bonds is 7. The summed E-state index contributed by atoms with van der Waals surface area (Å²) >= 11 is 0. The summed E-state index contributed by atoms with van der Waals surface area (Å²) in [6, 6.07) is 7.29. The van der Waals surface area contributed by atoms with E-state index in [1.165, 1.54) is 0 Å². The molecule has 0 unspecified atom stereocenters. The van der Waals surface area contributed by atoms with E-state index in [2.05, 4.69) is 22.5 Å². The van der Waals surface area contributed by atoms with E-state index in [1.807, 2.05) is 18.2 Å². The van der Waals surface area contributed by atoms with E-state index in [-0.39, 0.29) is 0 Å². The zero-order chi connectivity index (χ0) is 15.2. The molecule has 0 aliphatic heterocycles. The Labute approximate surface area is 123 Å². The van der Waals surface area contributed by atoms with Crippen LogP contribution in [0.15, 0.2) is 24.3 Å². The molecule has 0 radical (unpaired) electrons. The molecule has 0 saturated carbocycles. The van der Waals surface area contributed by atoms with Crippen LogP contribution in [0.1, 0.15) is 32.0 Å². The number of unbranched alkanes of at least 4 members (excludes halogenated alkanes) is 1. The highest BCUT2D eigenvalue weighted by Gasteiger charge is 2.15. The number of para-hydroxylation sites is 2. The maximum atomic E-state index is 11.2. The van der Waals surface area contributed by atoms with Crippen LogP contribution in [0, 0.1) is 0 Å². The average molecular weight is 290 g/mol. The quantitative estimate of drug-likeness (QED) is 0.533. The predicted molar refractivity (Wildman–Crippen MR) is 80.9 cm³/mol. The Balaban J connectivity index is 2.19. The summed E-state index contributed by atoms with van der Waals surface area (Å²) in [4.78, 5) is 15.9. The van der Waals surface area contributed by atoms with Crippen LogP contribution in [-0.4, -0.2) is 26.7 Å². The molecule has 0 saturated heterocycles. The summed E-state index contributed by atoms with van der Waals surface area (Å²) in [5.74, 6) is 0.372. The SMILES string of the molecule is CCCCn1c(CC[C@H](N)C(=O)NO)nc2ccccc21. The Morgan fingerprint density at radius 2 is 2.24 bits per heavy atom. The summed E-state index contributed by atoms with van der Waals surface area (Å²) in [5, 5.41) is 8.59. The van der Waals surface area contributed by atoms with Gasteiger partial charge in [0.2, 0.25) is 0 Å². The molecule has 0 bridgehead atoms. The van der Waals surface area contributed by atoms with Gasteiger partial charge in [-0.15, -0.1) is 0 Å². The lowest BCUT2D eigenvalue weighted by atomic mass is 10.1. The first-order chi connectivity index (χ1) is 10.2. The fourth-order valence-corrected chi connectivity index (χ4v) is 2.38. The second kappa shape index (κ2) is 7.19. The van der Waals surface area contributed by atoms with Crippen molar-refractivity contribution in [2.24, 2.45) is 5.73 Å². The van der Waals surface area contributed by atoms with E-state index >= 15 is 0 Å². The number of imidazole rings is 1. The Hall–Kier alpha value is -1.92. The number of nitrogens with two attached hydrogens (primary N) is 1. The van der Waals surface area contributed by atoms with Gasteiger partial charge in [-0.3, -0.25) is 10.0 Å². The van der Waals surface area contributed by atoms with Crippen molar-refractivity contribution in [3.63, 3.8) is 0 Å². The fourth-order valence-electron chi connectivity index (χ4n) is 2.38. The molecule has 2 rings (SSSR count). The van der Waals surface area contributed by atoms with Crippen molar-refractivity contribution in [3.05, 3.63) is 30.1 Å². The van der Waals surface area contributed by atoms with Gasteiger partial charge >= 0.3 is 0 Å². The smallest absolute Gasteiger partial charge is 0.260 e. The molecule has 0 fully saturated rings. The van der Waals surface area contributed by atoms with Crippen molar-refractivity contribution < 1.29 is 10.0 Å². The molecule has 0 aliphatic rings. The molecule has 1 atom stereocenters. The molecular formula is C15H22N4O2. The predicted octanol–water partition coefficient (Wildman–Crippen LogP) is 1.60. The normalized spacial score (nSPS) is 12.5. The number of hydroxylamine groups is 1. The highest BCUT2D eigenvalue weighted by Crippen LogP contribution is 2.18. The number of nitrogens with one attached hydrogen (secondary N) is 1.